The first-order chi connectivity index (χ1) is 16.2. The maximum Gasteiger partial charge on any atom is 0.270 e. The monoisotopic (exact) mass is 490 g/mol. The van der Waals surface area contributed by atoms with E-state index in [-0.39, 0.29) is 35.0 Å². The van der Waals surface area contributed by atoms with E-state index in [0.717, 1.165) is 12.8 Å². The van der Waals surface area contributed by atoms with Crippen molar-refractivity contribution in [2.75, 3.05) is 26.2 Å². The van der Waals surface area contributed by atoms with Gasteiger partial charge in [0.2, 0.25) is 15.9 Å². The van der Waals surface area contributed by atoms with E-state index in [0.29, 0.717) is 55.8 Å². The summed E-state index contributed by atoms with van der Waals surface area (Å²) in [6, 6.07) is 6.36. The summed E-state index contributed by atoms with van der Waals surface area (Å²) in [5.74, 6) is -0.861. The normalized spacial score (nSPS) is 17.8. The molecule has 0 unspecified atom stereocenters. The molecule has 2 fully saturated rings. The molecule has 2 aromatic rings. The average molecular weight is 491 g/mol. The van der Waals surface area contributed by atoms with Crippen LogP contribution in [0.4, 0.5) is 4.39 Å². The number of piperidine rings is 1. The van der Waals surface area contributed by atoms with E-state index in [4.69, 9.17) is 0 Å². The van der Waals surface area contributed by atoms with Gasteiger partial charge in [0.1, 0.15) is 16.4 Å². The highest BCUT2D eigenvalue weighted by Crippen LogP contribution is 2.25. The zero-order valence-electron chi connectivity index (χ0n) is 19.6. The highest BCUT2D eigenvalue weighted by atomic mass is 32.2. The maximum atomic E-state index is 13.7. The molecule has 2 amide bonds. The van der Waals surface area contributed by atoms with Gasteiger partial charge in [0.25, 0.3) is 5.91 Å². The van der Waals surface area contributed by atoms with Crippen molar-refractivity contribution < 1.29 is 22.4 Å². The molecule has 0 saturated carbocycles. The minimum atomic E-state index is -3.59. The first kappa shape index (κ1) is 24.4. The van der Waals surface area contributed by atoms with Gasteiger partial charge in [-0.1, -0.05) is 12.1 Å². The van der Waals surface area contributed by atoms with Gasteiger partial charge in [-0.3, -0.25) is 9.59 Å². The topological polar surface area (TPSA) is 91.7 Å². The second kappa shape index (κ2) is 9.87. The summed E-state index contributed by atoms with van der Waals surface area (Å²) in [7, 11) is -1.92. The Balaban J connectivity index is 1.33. The number of amides is 2. The van der Waals surface area contributed by atoms with Crippen molar-refractivity contribution in [3.05, 3.63) is 53.1 Å². The van der Waals surface area contributed by atoms with Gasteiger partial charge >= 0.3 is 0 Å². The number of sulfonamides is 1. The molecule has 0 radical (unpaired) electrons. The number of hydrogen-bond donors (Lipinski definition) is 1. The third-order valence-corrected chi connectivity index (χ3v) is 8.62. The molecule has 2 aliphatic rings. The fraction of sp³-hybridized carbons (Fsp3) is 0.500. The first-order valence-electron chi connectivity index (χ1n) is 11.7. The number of benzene rings is 1. The van der Waals surface area contributed by atoms with Crippen LogP contribution < -0.4 is 5.32 Å². The van der Waals surface area contributed by atoms with Gasteiger partial charge in [-0.15, -0.1) is 0 Å². The number of nitrogens with one attached hydrogen (secondary N) is 1. The Morgan fingerprint density at radius 3 is 2.41 bits per heavy atom. The average Bonchev–Trinajstić information content (AvgIpc) is 3.50. The molecule has 1 aromatic heterocycles. The lowest BCUT2D eigenvalue weighted by Gasteiger charge is -2.31. The lowest BCUT2D eigenvalue weighted by Crippen LogP contribution is -2.43. The van der Waals surface area contributed by atoms with Gasteiger partial charge in [0, 0.05) is 51.9 Å². The molecule has 0 spiro atoms. The number of nitrogens with zero attached hydrogens (tertiary/aromatic N) is 3. The maximum absolute atomic E-state index is 13.7. The summed E-state index contributed by atoms with van der Waals surface area (Å²) < 4.78 is 42.4. The fourth-order valence-electron chi connectivity index (χ4n) is 4.55. The van der Waals surface area contributed by atoms with E-state index in [1.54, 1.807) is 35.6 Å². The van der Waals surface area contributed by atoms with Crippen molar-refractivity contribution in [3.63, 3.8) is 0 Å². The molecule has 0 aliphatic carbocycles. The molecule has 1 N–H and O–H groups in total. The number of halogens is 1. The van der Waals surface area contributed by atoms with Crippen LogP contribution in [0.25, 0.3) is 0 Å². The fourth-order valence-corrected chi connectivity index (χ4v) is 6.14. The van der Waals surface area contributed by atoms with Crippen molar-refractivity contribution in [1.29, 1.82) is 0 Å². The lowest BCUT2D eigenvalue weighted by molar-refractivity contribution is -0.126. The van der Waals surface area contributed by atoms with Crippen LogP contribution in [0.1, 0.15) is 47.3 Å². The van der Waals surface area contributed by atoms with Crippen LogP contribution in [0.2, 0.25) is 0 Å². The summed E-state index contributed by atoms with van der Waals surface area (Å²) in [5.41, 5.74) is 1.58. The number of carbonyl (C=O) groups excluding carboxylic acids is 2. The van der Waals surface area contributed by atoms with E-state index in [9.17, 15) is 22.4 Å². The highest BCUT2D eigenvalue weighted by Gasteiger charge is 2.32. The molecule has 8 nitrogen and oxygen atoms in total. The molecule has 4 rings (SSSR count). The van der Waals surface area contributed by atoms with Crippen LogP contribution in [-0.2, 0) is 28.4 Å². The van der Waals surface area contributed by atoms with Crippen molar-refractivity contribution in [2.45, 2.75) is 44.0 Å². The Morgan fingerprint density at radius 1 is 1.09 bits per heavy atom. The summed E-state index contributed by atoms with van der Waals surface area (Å²) in [4.78, 5) is 27.5. The molecular weight excluding hydrogens is 459 g/mol. The third-order valence-electron chi connectivity index (χ3n) is 6.76. The number of aryl methyl sites for hydroxylation is 2. The van der Waals surface area contributed by atoms with E-state index < -0.39 is 10.0 Å². The van der Waals surface area contributed by atoms with E-state index in [2.05, 4.69) is 5.32 Å². The largest absolute Gasteiger partial charge is 0.352 e. The number of likely N-dealkylation sites (tertiary alicyclic amines) is 1. The number of hydrogen-bond acceptors (Lipinski definition) is 4. The van der Waals surface area contributed by atoms with E-state index >= 15 is 0 Å². The van der Waals surface area contributed by atoms with Gasteiger partial charge in [0.15, 0.2) is 0 Å². The molecule has 3 heterocycles. The zero-order chi connectivity index (χ0) is 24.5. The second-order valence-electron chi connectivity index (χ2n) is 9.15. The number of carbonyl (C=O) groups is 2. The lowest BCUT2D eigenvalue weighted by atomic mass is 9.95. The van der Waals surface area contributed by atoms with Crippen molar-refractivity contribution in [3.8, 4) is 0 Å². The molecule has 10 heteroatoms. The van der Waals surface area contributed by atoms with Gasteiger partial charge in [-0.2, -0.15) is 4.31 Å². The third kappa shape index (κ3) is 5.02. The Kier molecular flexibility index (Phi) is 7.09. The Labute approximate surface area is 199 Å². The molecule has 184 valence electrons. The number of aromatic nitrogens is 1. The highest BCUT2D eigenvalue weighted by molar-refractivity contribution is 7.89. The van der Waals surface area contributed by atoms with Crippen LogP contribution in [0, 0.1) is 18.7 Å². The van der Waals surface area contributed by atoms with Crippen molar-refractivity contribution >= 4 is 21.8 Å². The van der Waals surface area contributed by atoms with Gasteiger partial charge in [0.05, 0.1) is 0 Å². The van der Waals surface area contributed by atoms with Crippen LogP contribution in [0.15, 0.2) is 35.4 Å². The van der Waals surface area contributed by atoms with Crippen LogP contribution in [0.3, 0.4) is 0 Å². The molecule has 2 saturated heterocycles. The smallest absolute Gasteiger partial charge is 0.270 e. The number of rotatable bonds is 6. The quantitative estimate of drug-likeness (QED) is 0.673. The van der Waals surface area contributed by atoms with E-state index in [1.807, 2.05) is 0 Å². The molecule has 2 aliphatic heterocycles. The summed E-state index contributed by atoms with van der Waals surface area (Å²) in [6.07, 6.45) is 4.23. The SMILES string of the molecule is Cc1ccc(CNC(=O)C2CCN(C(=O)c3cc(S(=O)(=O)N4CCCC4)cn3C)CC2)cc1F. The summed E-state index contributed by atoms with van der Waals surface area (Å²) in [6.45, 7) is 3.79. The van der Waals surface area contributed by atoms with Gasteiger partial charge in [-0.05, 0) is 55.9 Å². The van der Waals surface area contributed by atoms with Crippen LogP contribution >= 0.6 is 0 Å². The summed E-state index contributed by atoms with van der Waals surface area (Å²) >= 11 is 0. The summed E-state index contributed by atoms with van der Waals surface area (Å²) in [5, 5.41) is 2.86. The standard InChI is InChI=1S/C24H31FN4O4S/c1-17-5-6-18(13-21(17)25)15-26-23(30)19-7-11-28(12-8-19)24(31)22-14-20(16-27(22)2)34(32,33)29-9-3-4-10-29/h5-6,13-14,16,19H,3-4,7-12,15H2,1-2H3,(H,26,30). The zero-order valence-corrected chi connectivity index (χ0v) is 20.4. The van der Waals surface area contributed by atoms with Crippen molar-refractivity contribution in [1.82, 2.24) is 19.1 Å². The Hall–Kier alpha value is -2.72. The van der Waals surface area contributed by atoms with Crippen molar-refractivity contribution in [2.24, 2.45) is 13.0 Å². The molecule has 1 aromatic carbocycles. The Morgan fingerprint density at radius 2 is 1.76 bits per heavy atom. The van der Waals surface area contributed by atoms with E-state index in [1.165, 1.54) is 22.6 Å². The minimum Gasteiger partial charge on any atom is -0.352 e. The van der Waals surface area contributed by atoms with Gasteiger partial charge < -0.3 is 14.8 Å². The Bertz CT molecular complexity index is 1180. The predicted molar refractivity (Wildman–Crippen MR) is 125 cm³/mol. The second-order valence-corrected chi connectivity index (χ2v) is 11.1. The van der Waals surface area contributed by atoms with Crippen LogP contribution in [0.5, 0.6) is 0 Å². The predicted octanol–water partition coefficient (Wildman–Crippen LogP) is 2.43. The minimum absolute atomic E-state index is 0.106. The first-order valence-corrected chi connectivity index (χ1v) is 13.1. The molecule has 0 atom stereocenters. The molecule has 0 bridgehead atoms. The molecular formula is C24H31FN4O4S. The van der Waals surface area contributed by atoms with Crippen LogP contribution in [-0.4, -0.2) is 60.2 Å². The van der Waals surface area contributed by atoms with Gasteiger partial charge in [-0.25, -0.2) is 12.8 Å². The molecule has 34 heavy (non-hydrogen) atoms.